The molecule has 0 radical (unpaired) electrons. The van der Waals surface area contributed by atoms with Crippen LogP contribution in [-0.4, -0.2) is 14.8 Å². The molecule has 0 aliphatic carbocycles. The third-order valence-electron chi connectivity index (χ3n) is 3.13. The molecule has 1 heterocycles. The summed E-state index contributed by atoms with van der Waals surface area (Å²) in [5.41, 5.74) is 2.69. The summed E-state index contributed by atoms with van der Waals surface area (Å²) < 4.78 is 1.62. The molecule has 21 heavy (non-hydrogen) atoms. The summed E-state index contributed by atoms with van der Waals surface area (Å²) in [7, 11) is 0. The second-order valence-electron chi connectivity index (χ2n) is 4.50. The lowest BCUT2D eigenvalue weighted by Gasteiger charge is -2.11. The van der Waals surface area contributed by atoms with Crippen LogP contribution in [0.25, 0.3) is 5.69 Å². The molecule has 0 spiro atoms. The Hall–Kier alpha value is -1.55. The SMILES string of the molecule is Clc1ccc(Cc2c(Cl)ccc(-n3cncn3)c2Cl)cc1. The van der Waals surface area contributed by atoms with Crippen LogP contribution < -0.4 is 0 Å². The van der Waals surface area contributed by atoms with Gasteiger partial charge >= 0.3 is 0 Å². The Bertz CT molecular complexity index is 753. The maximum atomic E-state index is 6.49. The van der Waals surface area contributed by atoms with Crippen LogP contribution in [0.4, 0.5) is 0 Å². The molecule has 3 nitrogen and oxygen atoms in total. The Kier molecular flexibility index (Phi) is 4.15. The van der Waals surface area contributed by atoms with Crippen LogP contribution in [0.5, 0.6) is 0 Å². The minimum absolute atomic E-state index is 0.572. The van der Waals surface area contributed by atoms with E-state index in [1.54, 1.807) is 11.0 Å². The molecular weight excluding hydrogens is 329 g/mol. The molecule has 0 saturated heterocycles. The van der Waals surface area contributed by atoms with E-state index in [0.29, 0.717) is 21.5 Å². The molecular formula is C15H10Cl3N3. The highest BCUT2D eigenvalue weighted by atomic mass is 35.5. The van der Waals surface area contributed by atoms with Crippen LogP contribution in [0.15, 0.2) is 49.1 Å². The third kappa shape index (κ3) is 3.05. The molecule has 0 aliphatic rings. The van der Waals surface area contributed by atoms with E-state index in [1.807, 2.05) is 36.4 Å². The lowest BCUT2D eigenvalue weighted by atomic mass is 10.0. The molecule has 6 heteroatoms. The maximum Gasteiger partial charge on any atom is 0.138 e. The minimum atomic E-state index is 0.572. The van der Waals surface area contributed by atoms with Gasteiger partial charge in [-0.2, -0.15) is 5.10 Å². The Balaban J connectivity index is 2.01. The van der Waals surface area contributed by atoms with E-state index in [9.17, 15) is 0 Å². The predicted molar refractivity (Wildman–Crippen MR) is 85.6 cm³/mol. The van der Waals surface area contributed by atoms with E-state index in [2.05, 4.69) is 10.1 Å². The molecule has 0 atom stereocenters. The van der Waals surface area contributed by atoms with Gasteiger partial charge in [-0.1, -0.05) is 46.9 Å². The summed E-state index contributed by atoms with van der Waals surface area (Å²) in [4.78, 5) is 3.93. The van der Waals surface area contributed by atoms with Gasteiger partial charge in [0.2, 0.25) is 0 Å². The zero-order valence-electron chi connectivity index (χ0n) is 10.8. The zero-order chi connectivity index (χ0) is 14.8. The topological polar surface area (TPSA) is 30.7 Å². The number of nitrogens with zero attached hydrogens (tertiary/aromatic N) is 3. The van der Waals surface area contributed by atoms with Crippen LogP contribution in [0.1, 0.15) is 11.1 Å². The molecule has 106 valence electrons. The average molecular weight is 339 g/mol. The number of halogens is 3. The lowest BCUT2D eigenvalue weighted by Crippen LogP contribution is -1.99. The van der Waals surface area contributed by atoms with E-state index in [-0.39, 0.29) is 0 Å². The van der Waals surface area contributed by atoms with Crippen LogP contribution in [0, 0.1) is 0 Å². The average Bonchev–Trinajstić information content (AvgIpc) is 2.99. The quantitative estimate of drug-likeness (QED) is 0.685. The third-order valence-corrected chi connectivity index (χ3v) is 4.15. The van der Waals surface area contributed by atoms with Crippen LogP contribution in [-0.2, 0) is 6.42 Å². The number of hydrogen-bond acceptors (Lipinski definition) is 2. The summed E-state index contributed by atoms with van der Waals surface area (Å²) >= 11 is 18.7. The Morgan fingerprint density at radius 1 is 0.952 bits per heavy atom. The van der Waals surface area contributed by atoms with E-state index < -0.39 is 0 Å². The maximum absolute atomic E-state index is 6.49. The fourth-order valence-electron chi connectivity index (χ4n) is 2.06. The van der Waals surface area contributed by atoms with Crippen molar-refractivity contribution in [3.8, 4) is 5.69 Å². The van der Waals surface area contributed by atoms with Crippen molar-refractivity contribution >= 4 is 34.8 Å². The molecule has 3 rings (SSSR count). The highest BCUT2D eigenvalue weighted by molar-refractivity contribution is 6.37. The van der Waals surface area contributed by atoms with Crippen molar-refractivity contribution < 1.29 is 0 Å². The highest BCUT2D eigenvalue weighted by Crippen LogP contribution is 2.32. The predicted octanol–water partition coefficient (Wildman–Crippen LogP) is 4.82. The molecule has 0 aliphatic heterocycles. The fourth-order valence-corrected chi connectivity index (χ4v) is 2.78. The van der Waals surface area contributed by atoms with Crippen LogP contribution >= 0.6 is 34.8 Å². The molecule has 0 unspecified atom stereocenters. The molecule has 0 saturated carbocycles. The first-order chi connectivity index (χ1) is 10.1. The zero-order valence-corrected chi connectivity index (χ0v) is 13.1. The Morgan fingerprint density at radius 2 is 1.71 bits per heavy atom. The summed E-state index contributed by atoms with van der Waals surface area (Å²) in [6, 6.07) is 11.2. The minimum Gasteiger partial charge on any atom is -0.223 e. The van der Waals surface area contributed by atoms with Gasteiger partial charge in [0, 0.05) is 16.5 Å². The van der Waals surface area contributed by atoms with E-state index >= 15 is 0 Å². The molecule has 0 fully saturated rings. The highest BCUT2D eigenvalue weighted by Gasteiger charge is 2.13. The van der Waals surface area contributed by atoms with Gasteiger partial charge in [-0.3, -0.25) is 0 Å². The van der Waals surface area contributed by atoms with Gasteiger partial charge in [0.25, 0.3) is 0 Å². The normalized spacial score (nSPS) is 10.8. The standard InChI is InChI=1S/C15H10Cl3N3/c16-11-3-1-10(2-4-11)7-12-13(17)5-6-14(15(12)18)21-9-19-8-20-21/h1-6,8-9H,7H2. The first-order valence-corrected chi connectivity index (χ1v) is 7.35. The smallest absolute Gasteiger partial charge is 0.138 e. The number of aromatic nitrogens is 3. The summed E-state index contributed by atoms with van der Waals surface area (Å²) in [5.74, 6) is 0. The Labute approximate surface area is 137 Å². The van der Waals surface area contributed by atoms with Crippen molar-refractivity contribution in [2.45, 2.75) is 6.42 Å². The van der Waals surface area contributed by atoms with E-state index in [1.165, 1.54) is 6.33 Å². The Morgan fingerprint density at radius 3 is 2.38 bits per heavy atom. The van der Waals surface area contributed by atoms with Gasteiger partial charge in [0.15, 0.2) is 0 Å². The number of benzene rings is 2. The molecule has 2 aromatic carbocycles. The van der Waals surface area contributed by atoms with Crippen molar-refractivity contribution in [3.63, 3.8) is 0 Å². The van der Waals surface area contributed by atoms with Crippen molar-refractivity contribution in [1.29, 1.82) is 0 Å². The van der Waals surface area contributed by atoms with Crippen molar-refractivity contribution in [1.82, 2.24) is 14.8 Å². The second-order valence-corrected chi connectivity index (χ2v) is 5.72. The molecule has 1 aromatic heterocycles. The number of hydrogen-bond donors (Lipinski definition) is 0. The molecule has 0 bridgehead atoms. The van der Waals surface area contributed by atoms with E-state index in [4.69, 9.17) is 34.8 Å². The van der Waals surface area contributed by atoms with Gasteiger partial charge in [-0.25, -0.2) is 9.67 Å². The number of rotatable bonds is 3. The van der Waals surface area contributed by atoms with Gasteiger partial charge < -0.3 is 0 Å². The largest absolute Gasteiger partial charge is 0.223 e. The monoisotopic (exact) mass is 337 g/mol. The molecule has 0 amide bonds. The molecule has 0 N–H and O–H groups in total. The van der Waals surface area contributed by atoms with Crippen molar-refractivity contribution in [2.75, 3.05) is 0 Å². The first kappa shape index (κ1) is 14.4. The summed E-state index contributed by atoms with van der Waals surface area (Å²) in [6.45, 7) is 0. The van der Waals surface area contributed by atoms with Crippen LogP contribution in [0.2, 0.25) is 15.1 Å². The van der Waals surface area contributed by atoms with Crippen molar-refractivity contribution in [3.05, 3.63) is 75.2 Å². The molecule has 3 aromatic rings. The van der Waals surface area contributed by atoms with Gasteiger partial charge in [0.1, 0.15) is 12.7 Å². The second kappa shape index (κ2) is 6.06. The van der Waals surface area contributed by atoms with Gasteiger partial charge in [0.05, 0.1) is 10.7 Å². The van der Waals surface area contributed by atoms with Gasteiger partial charge in [-0.05, 0) is 35.4 Å². The first-order valence-electron chi connectivity index (χ1n) is 6.21. The van der Waals surface area contributed by atoms with E-state index in [0.717, 1.165) is 16.8 Å². The van der Waals surface area contributed by atoms with Gasteiger partial charge in [-0.15, -0.1) is 0 Å². The van der Waals surface area contributed by atoms with Crippen molar-refractivity contribution in [2.24, 2.45) is 0 Å². The fraction of sp³-hybridized carbons (Fsp3) is 0.0667. The summed E-state index contributed by atoms with van der Waals surface area (Å²) in [6.07, 6.45) is 3.68. The lowest BCUT2D eigenvalue weighted by molar-refractivity contribution is 0.876. The van der Waals surface area contributed by atoms with Crippen LogP contribution in [0.3, 0.4) is 0 Å². The summed E-state index contributed by atoms with van der Waals surface area (Å²) in [5, 5.41) is 5.99.